The van der Waals surface area contributed by atoms with Gasteiger partial charge in [0.1, 0.15) is 5.82 Å². The van der Waals surface area contributed by atoms with Crippen LogP contribution in [0.2, 0.25) is 5.02 Å². The first-order valence-corrected chi connectivity index (χ1v) is 8.63. The van der Waals surface area contributed by atoms with Crippen molar-refractivity contribution in [1.82, 2.24) is 0 Å². The largest absolute Gasteiger partial charge is 0.381 e. The fourth-order valence-electron chi connectivity index (χ4n) is 2.05. The quantitative estimate of drug-likeness (QED) is 0.889. The molecule has 2 rings (SSSR count). The Morgan fingerprint density at radius 2 is 1.95 bits per heavy atom. The third kappa shape index (κ3) is 4.55. The number of benzene rings is 2. The maximum atomic E-state index is 13.7. The van der Waals surface area contributed by atoms with Gasteiger partial charge in [0.05, 0.1) is 0 Å². The van der Waals surface area contributed by atoms with Crippen LogP contribution in [0.1, 0.15) is 16.7 Å². The van der Waals surface area contributed by atoms with Crippen LogP contribution in [0.15, 0.2) is 36.4 Å². The number of halogens is 2. The van der Waals surface area contributed by atoms with E-state index in [0.717, 1.165) is 16.8 Å². The van der Waals surface area contributed by atoms with Gasteiger partial charge in [0.15, 0.2) is 0 Å². The molecule has 2 nitrogen and oxygen atoms in total. The van der Waals surface area contributed by atoms with E-state index in [1.54, 1.807) is 18.4 Å². The zero-order valence-corrected chi connectivity index (χ0v) is 13.5. The van der Waals surface area contributed by atoms with Crippen LogP contribution in [0.3, 0.4) is 0 Å². The second kappa shape index (κ2) is 7.05. The minimum atomic E-state index is -0.954. The van der Waals surface area contributed by atoms with Crippen LogP contribution < -0.4 is 5.32 Å². The summed E-state index contributed by atoms with van der Waals surface area (Å²) in [5.74, 6) is 0.185. The number of hydrogen-bond acceptors (Lipinski definition) is 2. The van der Waals surface area contributed by atoms with Crippen molar-refractivity contribution < 1.29 is 8.60 Å². The molecular weight excluding hydrogens is 309 g/mol. The molecule has 0 unspecified atom stereocenters. The molecule has 2 aromatic carbocycles. The molecule has 0 aromatic heterocycles. The molecule has 0 heterocycles. The first kappa shape index (κ1) is 16.0. The molecule has 0 spiro atoms. The summed E-state index contributed by atoms with van der Waals surface area (Å²) in [4.78, 5) is 0. The Morgan fingerprint density at radius 3 is 2.67 bits per heavy atom. The van der Waals surface area contributed by atoms with E-state index in [-0.39, 0.29) is 5.82 Å². The average Bonchev–Trinajstić information content (AvgIpc) is 2.42. The maximum Gasteiger partial charge on any atom is 0.128 e. The van der Waals surface area contributed by atoms with Crippen LogP contribution in [0.4, 0.5) is 10.1 Å². The highest BCUT2D eigenvalue weighted by Crippen LogP contribution is 2.22. The highest BCUT2D eigenvalue weighted by atomic mass is 35.5. The Bertz CT molecular complexity index is 675. The standard InChI is InChI=1S/C16H17ClFNOS/c1-11-3-6-16(18)12(7-11)9-19-14-4-5-15(17)13(8-14)10-21(2)20/h3-8,19H,9-10H2,1-2H3/t21-/m1/s1. The molecule has 0 amide bonds. The molecule has 21 heavy (non-hydrogen) atoms. The monoisotopic (exact) mass is 325 g/mol. The molecule has 0 saturated heterocycles. The van der Waals surface area contributed by atoms with Crippen molar-refractivity contribution in [3.05, 3.63) is 63.9 Å². The molecule has 0 fully saturated rings. The summed E-state index contributed by atoms with van der Waals surface area (Å²) in [6, 6.07) is 10.5. The van der Waals surface area contributed by atoms with Crippen molar-refractivity contribution in [2.24, 2.45) is 0 Å². The summed E-state index contributed by atoms with van der Waals surface area (Å²) in [6.07, 6.45) is 1.64. The maximum absolute atomic E-state index is 13.7. The summed E-state index contributed by atoms with van der Waals surface area (Å²) < 4.78 is 25.0. The Morgan fingerprint density at radius 1 is 1.19 bits per heavy atom. The topological polar surface area (TPSA) is 29.1 Å². The highest BCUT2D eigenvalue weighted by Gasteiger charge is 2.06. The summed E-state index contributed by atoms with van der Waals surface area (Å²) in [5, 5.41) is 3.77. The number of nitrogens with one attached hydrogen (secondary N) is 1. The number of anilines is 1. The van der Waals surface area contributed by atoms with Gasteiger partial charge in [0, 0.05) is 45.6 Å². The highest BCUT2D eigenvalue weighted by molar-refractivity contribution is 7.83. The average molecular weight is 326 g/mol. The predicted octanol–water partition coefficient (Wildman–Crippen LogP) is 4.28. The smallest absolute Gasteiger partial charge is 0.128 e. The van der Waals surface area contributed by atoms with Gasteiger partial charge in [-0.05, 0) is 36.8 Å². The molecule has 0 aliphatic carbocycles. The predicted molar refractivity (Wildman–Crippen MR) is 87.7 cm³/mol. The van der Waals surface area contributed by atoms with Gasteiger partial charge in [-0.15, -0.1) is 0 Å². The Labute approximate surface area is 131 Å². The number of aryl methyl sites for hydroxylation is 1. The van der Waals surface area contributed by atoms with E-state index in [9.17, 15) is 8.60 Å². The van der Waals surface area contributed by atoms with Crippen LogP contribution >= 0.6 is 11.6 Å². The lowest BCUT2D eigenvalue weighted by Gasteiger charge is -2.10. The Balaban J connectivity index is 2.13. The Kier molecular flexibility index (Phi) is 5.37. The fraction of sp³-hybridized carbons (Fsp3) is 0.250. The molecule has 0 saturated carbocycles. The van der Waals surface area contributed by atoms with Crippen LogP contribution in [0.5, 0.6) is 0 Å². The molecular formula is C16H17ClFNOS. The zero-order valence-electron chi connectivity index (χ0n) is 12.0. The van der Waals surface area contributed by atoms with Gasteiger partial charge in [-0.25, -0.2) is 4.39 Å². The van der Waals surface area contributed by atoms with Crippen molar-refractivity contribution in [2.45, 2.75) is 19.2 Å². The second-order valence-corrected chi connectivity index (χ2v) is 6.81. The minimum Gasteiger partial charge on any atom is -0.381 e. The van der Waals surface area contributed by atoms with Gasteiger partial charge in [-0.3, -0.25) is 4.21 Å². The molecule has 0 bridgehead atoms. The molecule has 0 radical (unpaired) electrons. The molecule has 2 aromatic rings. The molecule has 5 heteroatoms. The van der Waals surface area contributed by atoms with E-state index in [4.69, 9.17) is 11.6 Å². The summed E-state index contributed by atoms with van der Waals surface area (Å²) in [7, 11) is -0.954. The van der Waals surface area contributed by atoms with Crippen molar-refractivity contribution in [3.8, 4) is 0 Å². The Hall–Kier alpha value is -1.39. The van der Waals surface area contributed by atoms with Crippen molar-refractivity contribution in [3.63, 3.8) is 0 Å². The van der Waals surface area contributed by atoms with Crippen molar-refractivity contribution >= 4 is 28.1 Å². The van der Waals surface area contributed by atoms with Crippen LogP contribution in [0.25, 0.3) is 0 Å². The van der Waals surface area contributed by atoms with Gasteiger partial charge in [-0.2, -0.15) is 0 Å². The van der Waals surface area contributed by atoms with Gasteiger partial charge in [-0.1, -0.05) is 29.3 Å². The molecule has 1 atom stereocenters. The zero-order chi connectivity index (χ0) is 15.4. The number of rotatable bonds is 5. The van der Waals surface area contributed by atoms with Gasteiger partial charge < -0.3 is 5.32 Å². The third-order valence-electron chi connectivity index (χ3n) is 3.09. The second-order valence-electron chi connectivity index (χ2n) is 4.97. The van der Waals surface area contributed by atoms with E-state index < -0.39 is 10.8 Å². The molecule has 1 N–H and O–H groups in total. The third-order valence-corrected chi connectivity index (χ3v) is 4.17. The molecule has 0 aliphatic rings. The minimum absolute atomic E-state index is 0.225. The first-order chi connectivity index (χ1) is 9.95. The van der Waals surface area contributed by atoms with Crippen LogP contribution in [0, 0.1) is 12.7 Å². The lowest BCUT2D eigenvalue weighted by molar-refractivity contribution is 0.612. The lowest BCUT2D eigenvalue weighted by atomic mass is 10.1. The van der Waals surface area contributed by atoms with Crippen molar-refractivity contribution in [2.75, 3.05) is 11.6 Å². The van der Waals surface area contributed by atoms with Gasteiger partial charge in [0.2, 0.25) is 0 Å². The summed E-state index contributed by atoms with van der Waals surface area (Å²) in [6.45, 7) is 2.32. The van der Waals surface area contributed by atoms with E-state index >= 15 is 0 Å². The lowest BCUT2D eigenvalue weighted by Crippen LogP contribution is -2.03. The van der Waals surface area contributed by atoms with Crippen LogP contribution in [-0.2, 0) is 23.1 Å². The van der Waals surface area contributed by atoms with Crippen LogP contribution in [-0.4, -0.2) is 10.5 Å². The van der Waals surface area contributed by atoms with Gasteiger partial charge in [0.25, 0.3) is 0 Å². The number of hydrogen-bond donors (Lipinski definition) is 1. The van der Waals surface area contributed by atoms with E-state index in [0.29, 0.717) is 22.9 Å². The van der Waals surface area contributed by atoms with E-state index in [1.165, 1.54) is 6.07 Å². The summed E-state index contributed by atoms with van der Waals surface area (Å²) >= 11 is 6.08. The fourth-order valence-corrected chi connectivity index (χ4v) is 2.99. The SMILES string of the molecule is Cc1ccc(F)c(CNc2ccc(Cl)c(C[S@@](C)=O)c2)c1. The van der Waals surface area contributed by atoms with E-state index in [1.807, 2.05) is 25.1 Å². The van der Waals surface area contributed by atoms with Crippen molar-refractivity contribution in [1.29, 1.82) is 0 Å². The normalized spacial score (nSPS) is 12.2. The first-order valence-electron chi connectivity index (χ1n) is 6.53. The molecule has 0 aliphatic heterocycles. The summed E-state index contributed by atoms with van der Waals surface area (Å²) in [5.41, 5.74) is 3.30. The van der Waals surface area contributed by atoms with E-state index in [2.05, 4.69) is 5.32 Å². The van der Waals surface area contributed by atoms with Gasteiger partial charge >= 0.3 is 0 Å². The molecule has 112 valence electrons.